The fraction of sp³-hybridized carbons (Fsp3) is 0.500. The maximum absolute atomic E-state index is 10.2. The summed E-state index contributed by atoms with van der Waals surface area (Å²) in [7, 11) is 0. The van der Waals surface area contributed by atoms with Gasteiger partial charge in [0.05, 0.1) is 6.54 Å². The summed E-state index contributed by atoms with van der Waals surface area (Å²) in [6.07, 6.45) is 0. The molecule has 52 valence electrons. The number of carbonyl (C=O) groups excluding carboxylic acids is 1. The maximum atomic E-state index is 10.2. The standard InChI is InChI=1S/C4H8N2O3/c5-1-3(7)6-2-4(8)9/h1-2,5H2,(H,6,7)(H,8,9)/i1+1,6+1. The first-order chi connectivity index (χ1) is 4.16. The number of rotatable bonds is 3. The Kier molecular flexibility index (Phi) is 3.38. The number of aliphatic carboxylic acids is 1. The summed E-state index contributed by atoms with van der Waals surface area (Å²) in [6, 6.07) is 0. The summed E-state index contributed by atoms with van der Waals surface area (Å²) in [6.45, 7) is -0.538. The van der Waals surface area contributed by atoms with Gasteiger partial charge in [-0.2, -0.15) is 0 Å². The zero-order valence-electron chi connectivity index (χ0n) is 4.76. The van der Waals surface area contributed by atoms with Crippen molar-refractivity contribution in [3.05, 3.63) is 0 Å². The highest BCUT2D eigenvalue weighted by Gasteiger charge is 1.98. The first kappa shape index (κ1) is 7.90. The fourth-order valence-electron chi connectivity index (χ4n) is 0.246. The summed E-state index contributed by atoms with van der Waals surface area (Å²) in [4.78, 5) is 20.0. The second kappa shape index (κ2) is 3.85. The van der Waals surface area contributed by atoms with Crippen LogP contribution in [0.25, 0.3) is 0 Å². The Morgan fingerprint density at radius 2 is 2.11 bits per heavy atom. The second-order valence-corrected chi connectivity index (χ2v) is 1.37. The van der Waals surface area contributed by atoms with Crippen molar-refractivity contribution in [2.75, 3.05) is 13.1 Å². The van der Waals surface area contributed by atoms with Crippen LogP contribution in [0.3, 0.4) is 0 Å². The molecule has 5 nitrogen and oxygen atoms in total. The Morgan fingerprint density at radius 1 is 1.56 bits per heavy atom. The quantitative estimate of drug-likeness (QED) is 0.312. The molecule has 0 rings (SSSR count). The van der Waals surface area contributed by atoms with E-state index in [2.05, 4.69) is 5.32 Å². The summed E-state index contributed by atoms with van der Waals surface area (Å²) < 4.78 is 0. The lowest BCUT2D eigenvalue weighted by atomic mass is 10.7. The molecule has 9 heavy (non-hydrogen) atoms. The predicted octanol–water partition coefficient (Wildman–Crippen LogP) is -1.85. The van der Waals surface area contributed by atoms with E-state index in [9.17, 15) is 9.59 Å². The molecular formula is C4H8N2O3. The number of amides is 1. The first-order valence-corrected chi connectivity index (χ1v) is 2.35. The predicted molar refractivity (Wildman–Crippen MR) is 29.7 cm³/mol. The molecule has 0 fully saturated rings. The third-order valence-corrected chi connectivity index (χ3v) is 0.622. The molecule has 5 heteroatoms. The summed E-state index contributed by atoms with van der Waals surface area (Å²) in [5.41, 5.74) is 4.85. The van der Waals surface area contributed by atoms with Crippen LogP contribution in [-0.2, 0) is 9.59 Å². The molecule has 0 heterocycles. The average Bonchev–Trinajstić information content (AvgIpc) is 1.83. The largest absolute Gasteiger partial charge is 0.480 e. The lowest BCUT2D eigenvalue weighted by Gasteiger charge is -1.95. The summed E-state index contributed by atoms with van der Waals surface area (Å²) >= 11 is 0. The Morgan fingerprint density at radius 3 is 2.44 bits per heavy atom. The van der Waals surface area contributed by atoms with Crippen LogP contribution in [0.4, 0.5) is 0 Å². The van der Waals surface area contributed by atoms with Gasteiger partial charge in [0.15, 0.2) is 0 Å². The topological polar surface area (TPSA) is 92.4 Å². The minimum absolute atomic E-state index is 0.173. The van der Waals surface area contributed by atoms with Gasteiger partial charge in [-0.25, -0.2) is 0 Å². The number of carbonyl (C=O) groups is 2. The van der Waals surface area contributed by atoms with E-state index in [-0.39, 0.29) is 13.1 Å². The lowest BCUT2D eigenvalue weighted by Crippen LogP contribution is -2.34. The molecule has 4 N–H and O–H groups in total. The van der Waals surface area contributed by atoms with Gasteiger partial charge in [-0.3, -0.25) is 9.59 Å². The molecule has 0 aliphatic rings. The summed E-state index contributed by atoms with van der Waals surface area (Å²) in [5.74, 6) is -1.53. The smallest absolute Gasteiger partial charge is 0.322 e. The molecule has 0 radical (unpaired) electrons. The van der Waals surface area contributed by atoms with Gasteiger partial charge in [0.2, 0.25) is 5.91 Å². The third-order valence-electron chi connectivity index (χ3n) is 0.622. The SMILES string of the molecule is N[13CH2]C(=O)[15NH]CC(=O)O. The van der Waals surface area contributed by atoms with Crippen molar-refractivity contribution in [3.8, 4) is 0 Å². The van der Waals surface area contributed by atoms with Gasteiger partial charge in [0, 0.05) is 0 Å². The molecule has 0 unspecified atom stereocenters. The first-order valence-electron chi connectivity index (χ1n) is 2.35. The fourth-order valence-corrected chi connectivity index (χ4v) is 0.246. The Hall–Kier alpha value is -1.10. The van der Waals surface area contributed by atoms with Crippen molar-refractivity contribution in [1.29, 1.82) is 0 Å². The molecule has 0 aromatic carbocycles. The van der Waals surface area contributed by atoms with E-state index in [0.29, 0.717) is 0 Å². The highest BCUT2D eigenvalue weighted by atomic mass is 16.4. The van der Waals surface area contributed by atoms with Gasteiger partial charge in [-0.1, -0.05) is 0 Å². The van der Waals surface area contributed by atoms with Crippen LogP contribution >= 0.6 is 0 Å². The van der Waals surface area contributed by atoms with Crippen LogP contribution in [-0.4, -0.2) is 30.1 Å². The molecular weight excluding hydrogens is 126 g/mol. The van der Waals surface area contributed by atoms with Crippen LogP contribution in [0, 0.1) is 0 Å². The Labute approximate surface area is 51.8 Å². The zero-order chi connectivity index (χ0) is 7.28. The minimum Gasteiger partial charge on any atom is -0.480 e. The molecule has 1 amide bonds. The Balaban J connectivity index is 3.28. The van der Waals surface area contributed by atoms with E-state index in [1.165, 1.54) is 0 Å². The molecule has 0 saturated heterocycles. The number of carboxylic acid groups (broad SMARTS) is 1. The van der Waals surface area contributed by atoms with Crippen LogP contribution in [0.15, 0.2) is 0 Å². The van der Waals surface area contributed by atoms with Crippen LogP contribution < -0.4 is 11.1 Å². The van der Waals surface area contributed by atoms with Crippen LogP contribution in [0.2, 0.25) is 0 Å². The van der Waals surface area contributed by atoms with Gasteiger partial charge < -0.3 is 16.2 Å². The average molecular weight is 134 g/mol. The van der Waals surface area contributed by atoms with Gasteiger partial charge >= 0.3 is 5.97 Å². The van der Waals surface area contributed by atoms with Gasteiger partial charge in [-0.15, -0.1) is 0 Å². The van der Waals surface area contributed by atoms with E-state index in [0.717, 1.165) is 0 Å². The van der Waals surface area contributed by atoms with Crippen LogP contribution in [0.1, 0.15) is 0 Å². The molecule has 0 aromatic rings. The van der Waals surface area contributed by atoms with Crippen molar-refractivity contribution < 1.29 is 14.7 Å². The van der Waals surface area contributed by atoms with Gasteiger partial charge in [0.25, 0.3) is 0 Å². The van der Waals surface area contributed by atoms with Crippen LogP contribution in [0.5, 0.6) is 0 Å². The van der Waals surface area contributed by atoms with Crippen molar-refractivity contribution in [2.45, 2.75) is 0 Å². The zero-order valence-corrected chi connectivity index (χ0v) is 4.76. The Bertz CT molecular complexity index is 123. The number of hydrogen-bond acceptors (Lipinski definition) is 3. The lowest BCUT2D eigenvalue weighted by molar-refractivity contribution is -0.137. The maximum Gasteiger partial charge on any atom is 0.322 e. The highest BCUT2D eigenvalue weighted by Crippen LogP contribution is 1.60. The van der Waals surface area contributed by atoms with E-state index in [4.69, 9.17) is 10.8 Å². The third kappa shape index (κ3) is 4.76. The molecule has 0 spiro atoms. The number of nitrogens with two attached hydrogens (primary N) is 1. The molecule has 0 aliphatic heterocycles. The molecule has 0 aromatic heterocycles. The number of carboxylic acids is 1. The highest BCUT2D eigenvalue weighted by molar-refractivity contribution is 5.82. The summed E-state index contributed by atoms with van der Waals surface area (Å²) in [5, 5.41) is 10.1. The number of hydrogen-bond donors (Lipinski definition) is 3. The second-order valence-electron chi connectivity index (χ2n) is 1.37. The minimum atomic E-state index is -1.07. The van der Waals surface area contributed by atoms with Crippen molar-refractivity contribution in [2.24, 2.45) is 5.73 Å². The van der Waals surface area contributed by atoms with E-state index >= 15 is 0 Å². The van der Waals surface area contributed by atoms with E-state index < -0.39 is 11.9 Å². The normalized spacial score (nSPS) is 8.56. The van der Waals surface area contributed by atoms with Crippen molar-refractivity contribution in [3.63, 3.8) is 0 Å². The number of nitrogens with one attached hydrogen (secondary N) is 1. The van der Waals surface area contributed by atoms with Crippen molar-refractivity contribution >= 4 is 11.9 Å². The van der Waals surface area contributed by atoms with Crippen molar-refractivity contribution in [1.82, 2.24) is 5.32 Å². The monoisotopic (exact) mass is 134 g/mol. The van der Waals surface area contributed by atoms with Gasteiger partial charge in [-0.05, 0) is 0 Å². The molecule has 0 bridgehead atoms. The molecule has 0 atom stereocenters. The van der Waals surface area contributed by atoms with E-state index in [1.54, 1.807) is 0 Å². The molecule has 0 aliphatic carbocycles. The van der Waals surface area contributed by atoms with E-state index in [1.807, 2.05) is 0 Å². The molecule has 0 saturated carbocycles. The van der Waals surface area contributed by atoms with Gasteiger partial charge in [0.1, 0.15) is 6.54 Å².